The number of benzene rings is 1. The lowest BCUT2D eigenvalue weighted by molar-refractivity contribution is -0.132. The Kier molecular flexibility index (Phi) is 4.21. The molecule has 1 heterocycles. The molecule has 2 rings (SSSR count). The molecule has 6 heteroatoms. The largest absolute Gasteiger partial charge is 0.478 e. The molecule has 1 aliphatic heterocycles. The number of halogens is 1. The first kappa shape index (κ1) is 14.0. The summed E-state index contributed by atoms with van der Waals surface area (Å²) in [6.45, 7) is 1.53. The maximum atomic E-state index is 11.8. The van der Waals surface area contributed by atoms with Crippen LogP contribution in [0.4, 0.5) is 0 Å². The van der Waals surface area contributed by atoms with Crippen LogP contribution >= 0.6 is 27.7 Å². The Balaban J connectivity index is 2.31. The van der Waals surface area contributed by atoms with E-state index in [2.05, 4.69) is 20.9 Å². The van der Waals surface area contributed by atoms with Crippen LogP contribution in [0.3, 0.4) is 0 Å². The molecule has 0 bridgehead atoms. The van der Waals surface area contributed by atoms with Gasteiger partial charge in [-0.1, -0.05) is 28.1 Å². The number of hydrogen-bond acceptors (Lipinski definition) is 3. The fourth-order valence-corrected chi connectivity index (χ4v) is 3.28. The molecule has 0 atom stereocenters. The number of hydrogen-bond donors (Lipinski definition) is 1. The minimum atomic E-state index is -0.949. The quantitative estimate of drug-likeness (QED) is 0.844. The molecular formula is C13H10BrNO3S. The third kappa shape index (κ3) is 2.96. The number of carbonyl (C=O) groups excluding carboxylic acids is 1. The van der Waals surface area contributed by atoms with Crippen LogP contribution in [0.2, 0.25) is 0 Å². The minimum Gasteiger partial charge on any atom is -0.478 e. The van der Waals surface area contributed by atoms with Gasteiger partial charge in [0.05, 0.1) is 10.3 Å². The van der Waals surface area contributed by atoms with E-state index in [-0.39, 0.29) is 11.5 Å². The second-order valence-corrected chi connectivity index (χ2v) is 5.77. The van der Waals surface area contributed by atoms with Crippen molar-refractivity contribution in [3.63, 3.8) is 0 Å². The monoisotopic (exact) mass is 339 g/mol. The van der Waals surface area contributed by atoms with Crippen molar-refractivity contribution < 1.29 is 14.7 Å². The summed E-state index contributed by atoms with van der Waals surface area (Å²) >= 11 is 4.70. The fraction of sp³-hybridized carbons (Fsp3) is 0.154. The van der Waals surface area contributed by atoms with Crippen molar-refractivity contribution in [1.82, 2.24) is 0 Å². The van der Waals surface area contributed by atoms with Crippen LogP contribution in [-0.2, 0) is 9.59 Å². The Labute approximate surface area is 122 Å². The highest BCUT2D eigenvalue weighted by Crippen LogP contribution is 2.21. The van der Waals surface area contributed by atoms with Crippen LogP contribution in [0.25, 0.3) is 4.91 Å². The summed E-state index contributed by atoms with van der Waals surface area (Å²) in [6, 6.07) is 5.46. The molecule has 98 valence electrons. The third-order valence-electron chi connectivity index (χ3n) is 2.59. The van der Waals surface area contributed by atoms with Gasteiger partial charge in [0, 0.05) is 21.0 Å². The van der Waals surface area contributed by atoms with Gasteiger partial charge in [-0.25, -0.2) is 9.79 Å². The topological polar surface area (TPSA) is 66.7 Å². The molecule has 0 aromatic heterocycles. The van der Waals surface area contributed by atoms with Crippen molar-refractivity contribution >= 4 is 44.5 Å². The zero-order valence-corrected chi connectivity index (χ0v) is 12.4. The molecule has 1 N–H and O–H groups in total. The summed E-state index contributed by atoms with van der Waals surface area (Å²) in [6.07, 6.45) is 1.59. The molecule has 0 aliphatic carbocycles. The van der Waals surface area contributed by atoms with E-state index in [1.165, 1.54) is 18.7 Å². The van der Waals surface area contributed by atoms with E-state index in [4.69, 9.17) is 5.11 Å². The van der Waals surface area contributed by atoms with Gasteiger partial charge in [0.2, 0.25) is 0 Å². The van der Waals surface area contributed by atoms with Gasteiger partial charge in [0.25, 0.3) is 5.91 Å². The van der Waals surface area contributed by atoms with Gasteiger partial charge >= 0.3 is 5.97 Å². The van der Waals surface area contributed by atoms with E-state index in [1.54, 1.807) is 12.1 Å². The molecule has 0 unspecified atom stereocenters. The van der Waals surface area contributed by atoms with E-state index in [1.807, 2.05) is 12.1 Å². The van der Waals surface area contributed by atoms with Crippen molar-refractivity contribution in [1.29, 1.82) is 0 Å². The number of fused-ring (bicyclic) bond motifs is 1. The SMILES string of the molecule is C/C(=C\CSC1=c2c(Br)cccc2=NC1=O)C(=O)O. The highest BCUT2D eigenvalue weighted by atomic mass is 79.9. The highest BCUT2D eigenvalue weighted by molar-refractivity contribution is 9.10. The normalized spacial score (nSPS) is 14.3. The Hall–Kier alpha value is -1.40. The fourth-order valence-electron chi connectivity index (χ4n) is 1.57. The van der Waals surface area contributed by atoms with Crippen molar-refractivity contribution in [3.8, 4) is 0 Å². The van der Waals surface area contributed by atoms with Crippen LogP contribution < -0.4 is 10.6 Å². The molecule has 0 fully saturated rings. The van der Waals surface area contributed by atoms with Crippen molar-refractivity contribution in [2.45, 2.75) is 6.92 Å². The molecule has 1 aromatic carbocycles. The maximum Gasteiger partial charge on any atom is 0.330 e. The van der Waals surface area contributed by atoms with Gasteiger partial charge in [-0.2, -0.15) is 0 Å². The number of carbonyl (C=O) groups is 2. The summed E-state index contributed by atoms with van der Waals surface area (Å²) in [5, 5.41) is 10.2. The molecule has 4 nitrogen and oxygen atoms in total. The number of thioether (sulfide) groups is 1. The molecule has 1 aliphatic rings. The first-order chi connectivity index (χ1) is 9.00. The zero-order valence-electron chi connectivity index (χ0n) is 10.0. The Morgan fingerprint density at radius 2 is 2.26 bits per heavy atom. The van der Waals surface area contributed by atoms with E-state index in [0.717, 1.165) is 9.69 Å². The predicted octanol–water partition coefficient (Wildman–Crippen LogP) is 1.48. The lowest BCUT2D eigenvalue weighted by atomic mass is 10.3. The van der Waals surface area contributed by atoms with Gasteiger partial charge in [0.15, 0.2) is 0 Å². The van der Waals surface area contributed by atoms with Gasteiger partial charge in [-0.3, -0.25) is 4.79 Å². The second kappa shape index (κ2) is 5.71. The number of nitrogens with zero attached hydrogens (tertiary/aromatic N) is 1. The molecule has 0 saturated heterocycles. The van der Waals surface area contributed by atoms with Gasteiger partial charge in [-0.15, -0.1) is 11.8 Å². The summed E-state index contributed by atoms with van der Waals surface area (Å²) in [4.78, 5) is 27.0. The van der Waals surface area contributed by atoms with Gasteiger partial charge in [0.1, 0.15) is 0 Å². The predicted molar refractivity (Wildman–Crippen MR) is 77.2 cm³/mol. The number of aliphatic carboxylic acids is 1. The second-order valence-electron chi connectivity index (χ2n) is 3.88. The molecule has 1 amide bonds. The average Bonchev–Trinajstić information content (AvgIpc) is 2.67. The van der Waals surface area contributed by atoms with Crippen molar-refractivity contribution in [3.05, 3.63) is 44.9 Å². The smallest absolute Gasteiger partial charge is 0.330 e. The summed E-state index contributed by atoms with van der Waals surface area (Å²) in [7, 11) is 0. The standard InChI is InChI=1S/C13H10BrNO3S/c1-7(13(17)18)5-6-19-11-10-8(14)3-2-4-9(10)15-12(11)16/h2-5H,6H2,1H3,(H,17,18)/b7-5+. The van der Waals surface area contributed by atoms with E-state index in [0.29, 0.717) is 16.0 Å². The van der Waals surface area contributed by atoms with Crippen LogP contribution in [-0.4, -0.2) is 22.7 Å². The molecule has 1 aromatic rings. The van der Waals surface area contributed by atoms with Crippen molar-refractivity contribution in [2.24, 2.45) is 4.99 Å². The molecule has 19 heavy (non-hydrogen) atoms. The molecule has 0 saturated carbocycles. The minimum absolute atomic E-state index is 0.267. The van der Waals surface area contributed by atoms with E-state index < -0.39 is 5.97 Å². The van der Waals surface area contributed by atoms with E-state index >= 15 is 0 Å². The molecule has 0 spiro atoms. The Bertz CT molecular complexity index is 709. The summed E-state index contributed by atoms with van der Waals surface area (Å²) < 4.78 is 0.820. The van der Waals surface area contributed by atoms with Crippen molar-refractivity contribution in [2.75, 3.05) is 5.75 Å². The summed E-state index contributed by atoms with van der Waals surface area (Å²) in [5.41, 5.74) is 0.267. The van der Waals surface area contributed by atoms with Crippen LogP contribution in [0.15, 0.2) is 39.3 Å². The number of rotatable bonds is 4. The number of carboxylic acid groups (broad SMARTS) is 1. The number of carboxylic acids is 1. The third-order valence-corrected chi connectivity index (χ3v) is 4.25. The lowest BCUT2D eigenvalue weighted by Crippen LogP contribution is -2.23. The Morgan fingerprint density at radius 3 is 2.95 bits per heavy atom. The van der Waals surface area contributed by atoms with Crippen LogP contribution in [0.5, 0.6) is 0 Å². The molecular weight excluding hydrogens is 330 g/mol. The Morgan fingerprint density at radius 1 is 1.53 bits per heavy atom. The lowest BCUT2D eigenvalue weighted by Gasteiger charge is -1.98. The average molecular weight is 340 g/mol. The first-order valence-corrected chi connectivity index (χ1v) is 7.23. The highest BCUT2D eigenvalue weighted by Gasteiger charge is 2.18. The zero-order chi connectivity index (χ0) is 14.0. The van der Waals surface area contributed by atoms with Crippen LogP contribution in [0.1, 0.15) is 6.92 Å². The van der Waals surface area contributed by atoms with E-state index in [9.17, 15) is 9.59 Å². The number of amides is 1. The van der Waals surface area contributed by atoms with Gasteiger partial charge < -0.3 is 5.11 Å². The van der Waals surface area contributed by atoms with Crippen LogP contribution in [0, 0.1) is 0 Å². The maximum absolute atomic E-state index is 11.8. The summed E-state index contributed by atoms with van der Waals surface area (Å²) in [5.74, 6) is -0.793. The first-order valence-electron chi connectivity index (χ1n) is 5.45. The van der Waals surface area contributed by atoms with Gasteiger partial charge in [-0.05, 0) is 19.1 Å². The molecule has 0 radical (unpaired) electrons.